The van der Waals surface area contributed by atoms with Crippen LogP contribution >= 0.6 is 7.82 Å². The number of phosphoric ester groups is 1. The minimum atomic E-state index is -4.62. The third-order valence-corrected chi connectivity index (χ3v) is 9.10. The lowest BCUT2D eigenvalue weighted by atomic mass is 10.1. The fourth-order valence-electron chi connectivity index (χ4n) is 4.96. The molecule has 0 heterocycles. The monoisotopic (exact) mass is 728 g/mol. The van der Waals surface area contributed by atoms with Crippen LogP contribution in [0.15, 0.2) is 36.5 Å². The zero-order valence-electron chi connectivity index (χ0n) is 32.6. The van der Waals surface area contributed by atoms with Crippen molar-refractivity contribution >= 4 is 19.8 Å². The third kappa shape index (κ3) is 36.0. The molecule has 0 spiro atoms. The summed E-state index contributed by atoms with van der Waals surface area (Å²) >= 11 is 0. The summed E-state index contributed by atoms with van der Waals surface area (Å²) in [6.07, 6.45) is 34.5. The van der Waals surface area contributed by atoms with Gasteiger partial charge in [0.15, 0.2) is 6.10 Å². The number of allylic oxidation sites excluding steroid dienone is 6. The molecule has 0 fully saturated rings. The van der Waals surface area contributed by atoms with Crippen molar-refractivity contribution in [3.05, 3.63) is 36.5 Å². The van der Waals surface area contributed by atoms with Crippen molar-refractivity contribution in [3.63, 3.8) is 0 Å². The molecule has 0 radical (unpaired) electrons. The second kappa shape index (κ2) is 33.1. The Morgan fingerprint density at radius 2 is 1.10 bits per heavy atom. The predicted octanol–water partition coefficient (Wildman–Crippen LogP) is 9.94. The van der Waals surface area contributed by atoms with Crippen LogP contribution in [0, 0.1) is 0 Å². The first-order valence-corrected chi connectivity index (χ1v) is 21.2. The Kier molecular flexibility index (Phi) is 31.9. The van der Waals surface area contributed by atoms with Crippen LogP contribution in [0.5, 0.6) is 0 Å². The van der Waals surface area contributed by atoms with Crippen molar-refractivity contribution in [1.82, 2.24) is 0 Å². The Morgan fingerprint density at radius 1 is 0.620 bits per heavy atom. The molecule has 9 nitrogen and oxygen atoms in total. The quantitative estimate of drug-likeness (QED) is 0.0209. The van der Waals surface area contributed by atoms with E-state index in [0.29, 0.717) is 17.4 Å². The van der Waals surface area contributed by atoms with Gasteiger partial charge in [0.25, 0.3) is 7.82 Å². The number of carbonyl (C=O) groups excluding carboxylic acids is 2. The van der Waals surface area contributed by atoms with Gasteiger partial charge in [-0.3, -0.25) is 14.2 Å². The maximum absolute atomic E-state index is 12.6. The van der Waals surface area contributed by atoms with Gasteiger partial charge in [0.1, 0.15) is 19.8 Å². The highest BCUT2D eigenvalue weighted by Crippen LogP contribution is 2.38. The van der Waals surface area contributed by atoms with Gasteiger partial charge in [0.05, 0.1) is 27.7 Å². The van der Waals surface area contributed by atoms with E-state index < -0.39 is 32.5 Å². The number of rotatable bonds is 35. The van der Waals surface area contributed by atoms with Crippen molar-refractivity contribution < 1.29 is 42.1 Å². The molecule has 2 atom stereocenters. The first kappa shape index (κ1) is 48.2. The summed E-state index contributed by atoms with van der Waals surface area (Å²) in [4.78, 5) is 37.3. The number of phosphoric acid groups is 1. The van der Waals surface area contributed by atoms with Gasteiger partial charge in [-0.05, 0) is 64.2 Å². The molecule has 0 aromatic heterocycles. The van der Waals surface area contributed by atoms with E-state index in [1.807, 2.05) is 21.1 Å². The molecule has 0 bridgehead atoms. The maximum Gasteiger partial charge on any atom is 0.306 e. The molecule has 0 N–H and O–H groups in total. The zero-order chi connectivity index (χ0) is 37.2. The second-order valence-electron chi connectivity index (χ2n) is 14.3. The first-order valence-electron chi connectivity index (χ1n) is 19.7. The molecule has 0 amide bonds. The van der Waals surface area contributed by atoms with Gasteiger partial charge in [0, 0.05) is 12.8 Å². The minimum Gasteiger partial charge on any atom is -0.756 e. The molecule has 0 saturated carbocycles. The fraction of sp³-hybridized carbons (Fsp3) is 0.800. The Bertz CT molecular complexity index is 959. The fourth-order valence-corrected chi connectivity index (χ4v) is 5.69. The van der Waals surface area contributed by atoms with E-state index in [-0.39, 0.29) is 26.1 Å². The van der Waals surface area contributed by atoms with E-state index in [4.69, 9.17) is 18.5 Å². The summed E-state index contributed by atoms with van der Waals surface area (Å²) in [6.45, 7) is 4.11. The van der Waals surface area contributed by atoms with Crippen molar-refractivity contribution in [2.45, 2.75) is 161 Å². The Morgan fingerprint density at radius 3 is 1.66 bits per heavy atom. The van der Waals surface area contributed by atoms with E-state index in [1.165, 1.54) is 38.5 Å². The molecule has 0 aliphatic heterocycles. The van der Waals surface area contributed by atoms with Gasteiger partial charge < -0.3 is 27.9 Å². The van der Waals surface area contributed by atoms with E-state index >= 15 is 0 Å². The summed E-state index contributed by atoms with van der Waals surface area (Å²) < 4.78 is 33.7. The van der Waals surface area contributed by atoms with Crippen LogP contribution in [0.2, 0.25) is 0 Å². The Hall–Kier alpha value is -1.77. The van der Waals surface area contributed by atoms with Crippen LogP contribution in [-0.2, 0) is 32.7 Å². The molecular formula is C40H74NO8P. The van der Waals surface area contributed by atoms with Gasteiger partial charge in [-0.2, -0.15) is 0 Å². The highest BCUT2D eigenvalue weighted by atomic mass is 31.2. The van der Waals surface area contributed by atoms with E-state index in [0.717, 1.165) is 83.5 Å². The SMILES string of the molecule is CCCC/C=C\C/C=C\CCCCCCCC(=O)OC(COC(=O)CCCCCCC/C=C\CCCCC)COP(=O)([O-])OCC[N+](C)(C)C. The van der Waals surface area contributed by atoms with Crippen molar-refractivity contribution in [2.24, 2.45) is 0 Å². The molecule has 10 heteroatoms. The predicted molar refractivity (Wildman–Crippen MR) is 204 cm³/mol. The van der Waals surface area contributed by atoms with Crippen LogP contribution in [0.3, 0.4) is 0 Å². The highest BCUT2D eigenvalue weighted by molar-refractivity contribution is 7.45. The number of likely N-dealkylation sites (N-methyl/N-ethyl adjacent to an activating group) is 1. The molecule has 0 aliphatic carbocycles. The molecule has 292 valence electrons. The second-order valence-corrected chi connectivity index (χ2v) is 15.7. The van der Waals surface area contributed by atoms with E-state index in [9.17, 15) is 19.0 Å². The van der Waals surface area contributed by atoms with Crippen molar-refractivity contribution in [3.8, 4) is 0 Å². The number of esters is 2. The molecule has 2 unspecified atom stereocenters. The van der Waals surface area contributed by atoms with Gasteiger partial charge in [0.2, 0.25) is 0 Å². The van der Waals surface area contributed by atoms with Crippen molar-refractivity contribution in [1.29, 1.82) is 0 Å². The molecule has 0 rings (SSSR count). The van der Waals surface area contributed by atoms with Gasteiger partial charge in [-0.25, -0.2) is 0 Å². The van der Waals surface area contributed by atoms with Crippen LogP contribution in [0.25, 0.3) is 0 Å². The average molecular weight is 728 g/mol. The zero-order valence-corrected chi connectivity index (χ0v) is 33.5. The van der Waals surface area contributed by atoms with Gasteiger partial charge in [-0.15, -0.1) is 0 Å². The van der Waals surface area contributed by atoms with E-state index in [2.05, 4.69) is 50.3 Å². The van der Waals surface area contributed by atoms with Crippen LogP contribution in [0.1, 0.15) is 155 Å². The third-order valence-electron chi connectivity index (χ3n) is 8.13. The summed E-state index contributed by atoms with van der Waals surface area (Å²) in [5.41, 5.74) is 0. The first-order chi connectivity index (χ1) is 24.0. The minimum absolute atomic E-state index is 0.0355. The highest BCUT2D eigenvalue weighted by Gasteiger charge is 2.21. The average Bonchev–Trinajstić information content (AvgIpc) is 3.06. The lowest BCUT2D eigenvalue weighted by Gasteiger charge is -2.28. The summed E-state index contributed by atoms with van der Waals surface area (Å²) in [5, 5.41) is 0. The summed E-state index contributed by atoms with van der Waals surface area (Å²) in [7, 11) is 1.15. The summed E-state index contributed by atoms with van der Waals surface area (Å²) in [5.74, 6) is -0.865. The number of unbranched alkanes of at least 4 members (excludes halogenated alkanes) is 15. The lowest BCUT2D eigenvalue weighted by Crippen LogP contribution is -2.37. The normalized spacial score (nSPS) is 14.1. The molecule has 0 aliphatic rings. The topological polar surface area (TPSA) is 111 Å². The molecule has 0 aromatic rings. The molecule has 50 heavy (non-hydrogen) atoms. The van der Waals surface area contributed by atoms with Crippen LogP contribution in [-0.4, -0.2) is 70.0 Å². The Balaban J connectivity index is 4.47. The standard InChI is InChI=1S/C40H74NO8P/c1-6-8-10-12-14-16-18-20-21-23-25-27-29-31-33-40(43)49-38(37-48-50(44,45)47-35-34-41(3,4)5)36-46-39(42)32-30-28-26-24-22-19-17-15-13-11-9-7-2/h12,14-15,17-18,20,38H,6-11,13,16,19,21-37H2,1-5H3/b14-12-,17-15-,20-18-. The van der Waals surface area contributed by atoms with Gasteiger partial charge >= 0.3 is 11.9 Å². The number of nitrogens with zero attached hydrogens (tertiary/aromatic N) is 1. The number of ether oxygens (including phenoxy) is 2. The number of carbonyl (C=O) groups is 2. The van der Waals surface area contributed by atoms with E-state index in [1.54, 1.807) is 0 Å². The number of hydrogen-bond acceptors (Lipinski definition) is 8. The largest absolute Gasteiger partial charge is 0.756 e. The maximum atomic E-state index is 12.6. The van der Waals surface area contributed by atoms with Crippen molar-refractivity contribution in [2.75, 3.05) is 47.5 Å². The molecule has 0 aromatic carbocycles. The summed E-state index contributed by atoms with van der Waals surface area (Å²) in [6, 6.07) is 0. The Labute approximate surface area is 306 Å². The lowest BCUT2D eigenvalue weighted by molar-refractivity contribution is -0.870. The van der Waals surface area contributed by atoms with Gasteiger partial charge in [-0.1, -0.05) is 115 Å². The smallest absolute Gasteiger partial charge is 0.306 e. The van der Waals surface area contributed by atoms with Crippen LogP contribution in [0.4, 0.5) is 0 Å². The van der Waals surface area contributed by atoms with Crippen LogP contribution < -0.4 is 4.89 Å². The molecular weight excluding hydrogens is 653 g/mol. The number of quaternary nitrogens is 1. The number of hydrogen-bond donors (Lipinski definition) is 0. The molecule has 0 saturated heterocycles.